The largest absolute Gasteiger partial charge is 0.462 e. The maximum Gasteiger partial charge on any atom is 0.306 e. The highest BCUT2D eigenvalue weighted by molar-refractivity contribution is 5.70. The summed E-state index contributed by atoms with van der Waals surface area (Å²) in [5, 5.41) is 9.44. The van der Waals surface area contributed by atoms with Gasteiger partial charge in [-0.1, -0.05) is 125 Å². The molecule has 0 unspecified atom stereocenters. The summed E-state index contributed by atoms with van der Waals surface area (Å²) in [4.78, 5) is 23.9. The molecule has 0 aliphatic heterocycles. The van der Waals surface area contributed by atoms with Gasteiger partial charge in [0.25, 0.3) is 0 Å². The van der Waals surface area contributed by atoms with Crippen molar-refractivity contribution in [3.05, 3.63) is 72.9 Å². The van der Waals surface area contributed by atoms with Gasteiger partial charge in [-0.2, -0.15) is 0 Å². The molecule has 0 saturated carbocycles. The molecule has 0 bridgehead atoms. The van der Waals surface area contributed by atoms with Crippen LogP contribution in [0.25, 0.3) is 0 Å². The van der Waals surface area contributed by atoms with Crippen LogP contribution in [0.2, 0.25) is 0 Å². The molecule has 0 radical (unpaired) electrons. The second kappa shape index (κ2) is 30.9. The molecule has 1 atom stereocenters. The van der Waals surface area contributed by atoms with Crippen LogP contribution < -0.4 is 0 Å². The van der Waals surface area contributed by atoms with Crippen molar-refractivity contribution < 1.29 is 24.2 Å². The van der Waals surface area contributed by atoms with Gasteiger partial charge in [0.2, 0.25) is 0 Å². The molecule has 0 aliphatic carbocycles. The molecule has 0 amide bonds. The zero-order valence-corrected chi connectivity index (χ0v) is 25.3. The fraction of sp³-hybridized carbons (Fsp3) is 0.600. The number of rotatable bonds is 26. The molecule has 0 fully saturated rings. The van der Waals surface area contributed by atoms with Crippen molar-refractivity contribution >= 4 is 11.9 Å². The van der Waals surface area contributed by atoms with Gasteiger partial charge in [0.15, 0.2) is 6.10 Å². The minimum Gasteiger partial charge on any atom is -0.462 e. The van der Waals surface area contributed by atoms with E-state index in [1.54, 1.807) is 0 Å². The lowest BCUT2D eigenvalue weighted by Crippen LogP contribution is -2.28. The van der Waals surface area contributed by atoms with E-state index in [0.29, 0.717) is 12.8 Å². The number of aliphatic hydroxyl groups is 1. The summed E-state index contributed by atoms with van der Waals surface area (Å²) in [6.45, 7) is 3.87. The van der Waals surface area contributed by atoms with Crippen molar-refractivity contribution in [1.29, 1.82) is 0 Å². The van der Waals surface area contributed by atoms with Crippen LogP contribution >= 0.6 is 0 Å². The number of unbranched alkanes of at least 4 members (excludes halogenated alkanes) is 6. The predicted octanol–water partition coefficient (Wildman–Crippen LogP) is 9.05. The summed E-state index contributed by atoms with van der Waals surface area (Å²) in [5.74, 6) is -0.706. The minimum atomic E-state index is -0.809. The zero-order valence-electron chi connectivity index (χ0n) is 25.3. The Morgan fingerprint density at radius 1 is 0.600 bits per heavy atom. The van der Waals surface area contributed by atoms with Crippen LogP contribution in [-0.4, -0.2) is 36.4 Å². The van der Waals surface area contributed by atoms with Gasteiger partial charge >= 0.3 is 11.9 Å². The maximum absolute atomic E-state index is 12.0. The number of carbonyl (C=O) groups is 2. The maximum atomic E-state index is 12.0. The lowest BCUT2D eigenvalue weighted by Gasteiger charge is -2.15. The van der Waals surface area contributed by atoms with Crippen LogP contribution in [0.5, 0.6) is 0 Å². The standard InChI is InChI=1S/C35H56O5/c1-3-5-7-9-11-12-13-14-15-16-17-18-19-20-21-22-24-26-28-30-35(38)40-33(31-36)32-39-34(37)29-27-25-23-10-8-6-4-2/h5,7,11-12,14-15,17-18,20-21,24,26,33,36H,3-4,6,8-10,13,16,19,22-23,25,27-32H2,1-2H3/b7-5+,12-11+,15-14+,18-17+,21-20+,26-24+/t33-/m0/s1. The molecule has 1 N–H and O–H groups in total. The van der Waals surface area contributed by atoms with Crippen LogP contribution in [0, 0.1) is 0 Å². The van der Waals surface area contributed by atoms with Crippen molar-refractivity contribution in [2.75, 3.05) is 13.2 Å². The van der Waals surface area contributed by atoms with Crippen LogP contribution in [0.4, 0.5) is 0 Å². The molecule has 0 spiro atoms. The van der Waals surface area contributed by atoms with E-state index in [9.17, 15) is 14.7 Å². The van der Waals surface area contributed by atoms with Crippen LogP contribution in [0.15, 0.2) is 72.9 Å². The van der Waals surface area contributed by atoms with Crippen molar-refractivity contribution in [2.45, 2.75) is 123 Å². The zero-order chi connectivity index (χ0) is 29.4. The molecule has 5 nitrogen and oxygen atoms in total. The number of ether oxygens (including phenoxy) is 2. The summed E-state index contributed by atoms with van der Waals surface area (Å²) in [7, 11) is 0. The predicted molar refractivity (Wildman–Crippen MR) is 168 cm³/mol. The van der Waals surface area contributed by atoms with Gasteiger partial charge in [0, 0.05) is 12.8 Å². The van der Waals surface area contributed by atoms with E-state index in [1.807, 2.05) is 12.2 Å². The first kappa shape index (κ1) is 37.3. The minimum absolute atomic E-state index is 0.0997. The molecular formula is C35H56O5. The van der Waals surface area contributed by atoms with Crippen molar-refractivity contribution in [3.8, 4) is 0 Å². The van der Waals surface area contributed by atoms with Gasteiger partial charge in [-0.25, -0.2) is 0 Å². The van der Waals surface area contributed by atoms with Gasteiger partial charge < -0.3 is 14.6 Å². The topological polar surface area (TPSA) is 72.8 Å². The highest BCUT2D eigenvalue weighted by Crippen LogP contribution is 2.09. The third-order valence-corrected chi connectivity index (χ3v) is 6.03. The molecule has 0 heterocycles. The Labute approximate surface area is 244 Å². The fourth-order valence-electron chi connectivity index (χ4n) is 3.69. The molecule has 0 saturated heterocycles. The normalized spacial score (nSPS) is 13.2. The average molecular weight is 557 g/mol. The molecule has 40 heavy (non-hydrogen) atoms. The number of hydrogen-bond acceptors (Lipinski definition) is 5. The van der Waals surface area contributed by atoms with E-state index in [2.05, 4.69) is 74.6 Å². The molecular weight excluding hydrogens is 500 g/mol. The molecule has 5 heteroatoms. The van der Waals surface area contributed by atoms with Crippen molar-refractivity contribution in [1.82, 2.24) is 0 Å². The van der Waals surface area contributed by atoms with E-state index in [0.717, 1.165) is 57.8 Å². The summed E-state index contributed by atoms with van der Waals surface area (Å²) in [6, 6.07) is 0. The number of hydrogen-bond donors (Lipinski definition) is 1. The monoisotopic (exact) mass is 556 g/mol. The van der Waals surface area contributed by atoms with Crippen LogP contribution in [0.3, 0.4) is 0 Å². The Balaban J connectivity index is 3.80. The van der Waals surface area contributed by atoms with Gasteiger partial charge in [0.1, 0.15) is 6.61 Å². The molecule has 0 aromatic carbocycles. The molecule has 0 rings (SSSR count). The SMILES string of the molecule is CC/C=C/C/C=C/C/C=C/C/C=C/C/C=C/C/C=C/CCC(=O)O[C@@H](CO)COC(=O)CCCCCCCCC. The Morgan fingerprint density at radius 2 is 1.07 bits per heavy atom. The van der Waals surface area contributed by atoms with Crippen LogP contribution in [-0.2, 0) is 19.1 Å². The smallest absolute Gasteiger partial charge is 0.306 e. The van der Waals surface area contributed by atoms with Crippen molar-refractivity contribution in [3.63, 3.8) is 0 Å². The van der Waals surface area contributed by atoms with E-state index in [-0.39, 0.29) is 25.6 Å². The highest BCUT2D eigenvalue weighted by Gasteiger charge is 2.15. The first-order chi connectivity index (χ1) is 19.6. The fourth-order valence-corrected chi connectivity index (χ4v) is 3.69. The Bertz CT molecular complexity index is 773. The van der Waals surface area contributed by atoms with E-state index in [1.165, 1.54) is 25.7 Å². The lowest BCUT2D eigenvalue weighted by molar-refractivity contribution is -0.161. The molecule has 226 valence electrons. The van der Waals surface area contributed by atoms with Crippen molar-refractivity contribution in [2.24, 2.45) is 0 Å². The van der Waals surface area contributed by atoms with E-state index >= 15 is 0 Å². The first-order valence-corrected chi connectivity index (χ1v) is 15.5. The number of aliphatic hydroxyl groups excluding tert-OH is 1. The summed E-state index contributed by atoms with van der Waals surface area (Å²) >= 11 is 0. The quantitative estimate of drug-likeness (QED) is 0.0653. The van der Waals surface area contributed by atoms with Crippen LogP contribution in [0.1, 0.15) is 117 Å². The second-order valence-electron chi connectivity index (χ2n) is 9.80. The lowest BCUT2D eigenvalue weighted by atomic mass is 10.1. The van der Waals surface area contributed by atoms with E-state index < -0.39 is 12.1 Å². The number of carbonyl (C=O) groups excluding carboxylic acids is 2. The average Bonchev–Trinajstić information content (AvgIpc) is 2.96. The summed E-state index contributed by atoms with van der Waals surface area (Å²) in [6.07, 6.45) is 39.8. The molecule has 0 aliphatic rings. The highest BCUT2D eigenvalue weighted by atomic mass is 16.6. The van der Waals surface area contributed by atoms with Gasteiger partial charge in [0.05, 0.1) is 6.61 Å². The second-order valence-corrected chi connectivity index (χ2v) is 9.80. The Kier molecular flexibility index (Phi) is 28.8. The molecule has 0 aromatic rings. The van der Waals surface area contributed by atoms with E-state index in [4.69, 9.17) is 9.47 Å². The third-order valence-electron chi connectivity index (χ3n) is 6.03. The molecule has 0 aromatic heterocycles. The Morgan fingerprint density at radius 3 is 1.57 bits per heavy atom. The third kappa shape index (κ3) is 28.4. The number of allylic oxidation sites excluding steroid dienone is 12. The first-order valence-electron chi connectivity index (χ1n) is 15.5. The number of esters is 2. The van der Waals surface area contributed by atoms with Gasteiger partial charge in [-0.05, 0) is 51.4 Å². The summed E-state index contributed by atoms with van der Waals surface area (Å²) in [5.41, 5.74) is 0. The van der Waals surface area contributed by atoms with Gasteiger partial charge in [-0.3, -0.25) is 9.59 Å². The van der Waals surface area contributed by atoms with Gasteiger partial charge in [-0.15, -0.1) is 0 Å². The Hall–Kier alpha value is -2.66. The summed E-state index contributed by atoms with van der Waals surface area (Å²) < 4.78 is 10.4.